The van der Waals surface area contributed by atoms with Gasteiger partial charge in [0.15, 0.2) is 5.69 Å². The van der Waals surface area contributed by atoms with Crippen LogP contribution in [0.4, 0.5) is 4.39 Å². The Labute approximate surface area is 245 Å². The number of likely N-dealkylation sites (N-methyl/N-ethyl adjacent to an activating group) is 1. The quantitative estimate of drug-likeness (QED) is 0.404. The summed E-state index contributed by atoms with van der Waals surface area (Å²) in [7, 11) is 6.99. The van der Waals surface area contributed by atoms with E-state index in [-0.39, 0.29) is 30.1 Å². The van der Waals surface area contributed by atoms with E-state index in [1.54, 1.807) is 13.0 Å². The second-order valence-electron chi connectivity index (χ2n) is 12.4. The Morgan fingerprint density at radius 3 is 2.40 bits per heavy atom. The van der Waals surface area contributed by atoms with Crippen LogP contribution in [0, 0.1) is 18.2 Å². The molecule has 42 heavy (non-hydrogen) atoms. The van der Waals surface area contributed by atoms with Crippen molar-refractivity contribution < 1.29 is 23.9 Å². The number of rotatable bonds is 8. The molecule has 1 saturated carbocycles. The van der Waals surface area contributed by atoms with E-state index >= 15 is 0 Å². The monoisotopic (exact) mass is 584 g/mol. The van der Waals surface area contributed by atoms with Crippen molar-refractivity contribution in [3.63, 3.8) is 0 Å². The number of amides is 3. The highest BCUT2D eigenvalue weighted by Crippen LogP contribution is 2.51. The summed E-state index contributed by atoms with van der Waals surface area (Å²) in [6.45, 7) is 4.04. The van der Waals surface area contributed by atoms with Crippen LogP contribution in [-0.4, -0.2) is 76.4 Å². The normalized spacial score (nSPS) is 21.8. The van der Waals surface area contributed by atoms with Crippen molar-refractivity contribution in [3.05, 3.63) is 57.0 Å². The molecule has 12 heteroatoms. The summed E-state index contributed by atoms with van der Waals surface area (Å²) in [6, 6.07) is 4.74. The molecule has 3 amide bonds. The Morgan fingerprint density at radius 1 is 1.14 bits per heavy atom. The highest BCUT2D eigenvalue weighted by molar-refractivity contribution is 6.35. The van der Waals surface area contributed by atoms with E-state index in [2.05, 4.69) is 27.4 Å². The minimum atomic E-state index is -1.17. The first-order chi connectivity index (χ1) is 19.7. The number of halogens is 1. The summed E-state index contributed by atoms with van der Waals surface area (Å²) >= 11 is 0. The molecule has 1 fully saturated rings. The smallest absolute Gasteiger partial charge is 0.311 e. The van der Waals surface area contributed by atoms with Crippen LogP contribution in [0.5, 0.6) is 5.75 Å². The van der Waals surface area contributed by atoms with Crippen LogP contribution in [0.2, 0.25) is 0 Å². The van der Waals surface area contributed by atoms with Gasteiger partial charge in [-0.2, -0.15) is 0 Å². The molecule has 2 aromatic rings. The first-order valence-corrected chi connectivity index (χ1v) is 14.3. The van der Waals surface area contributed by atoms with Gasteiger partial charge in [0.25, 0.3) is 11.5 Å². The van der Waals surface area contributed by atoms with E-state index in [9.17, 15) is 28.7 Å². The fraction of sp³-hybridized carbons (Fsp3) is 0.567. The molecular formula is C30H41FN6O5. The lowest BCUT2D eigenvalue weighted by molar-refractivity contribution is -0.145. The molecule has 5 rings (SSSR count). The number of aromatic hydroxyl groups is 1. The lowest BCUT2D eigenvalue weighted by atomic mass is 9.66. The van der Waals surface area contributed by atoms with Crippen molar-refractivity contribution in [2.45, 2.75) is 77.0 Å². The molecule has 1 aliphatic carbocycles. The van der Waals surface area contributed by atoms with Crippen LogP contribution in [0.1, 0.15) is 72.9 Å². The molecule has 11 nitrogen and oxygen atoms in total. The predicted octanol–water partition coefficient (Wildman–Crippen LogP) is 2.03. The Hall–Kier alpha value is -3.80. The number of aryl methyl sites for hydroxylation is 1. The van der Waals surface area contributed by atoms with Crippen molar-refractivity contribution in [3.8, 4) is 5.75 Å². The van der Waals surface area contributed by atoms with Gasteiger partial charge in [-0.25, -0.2) is 9.37 Å². The Morgan fingerprint density at radius 2 is 1.81 bits per heavy atom. The number of carbonyl (C=O) groups excluding carboxylic acids is 3. The summed E-state index contributed by atoms with van der Waals surface area (Å²) in [5.74, 6) is -3.35. The molecule has 1 aromatic heterocycles. The third-order valence-electron chi connectivity index (χ3n) is 9.05. The van der Waals surface area contributed by atoms with Crippen LogP contribution < -0.4 is 16.2 Å². The van der Waals surface area contributed by atoms with Gasteiger partial charge in [0.1, 0.15) is 11.6 Å². The molecule has 1 aromatic carbocycles. The zero-order chi connectivity index (χ0) is 31.0. The molecule has 3 heterocycles. The standard InChI is InChI=1S/C30H41FN6O5/c1-18-15-20(7-8-21(18)31)16-32-24(39)22-23(38)26(41)37-17-29(10-9-19(2)35(3)4)11-13-30(14-12-29,28(37)33-22)34-25(40)27(42)36(5)6/h7-8,15,19,38H,9-14,16-17H2,1-6H3,(H,32,39)(H,34,40). The van der Waals surface area contributed by atoms with Crippen LogP contribution in [0.3, 0.4) is 0 Å². The van der Waals surface area contributed by atoms with Crippen molar-refractivity contribution >= 4 is 17.7 Å². The summed E-state index contributed by atoms with van der Waals surface area (Å²) in [4.78, 5) is 60.3. The zero-order valence-corrected chi connectivity index (χ0v) is 25.2. The third kappa shape index (κ3) is 6.04. The van der Waals surface area contributed by atoms with Gasteiger partial charge in [0.05, 0.1) is 5.54 Å². The van der Waals surface area contributed by atoms with Crippen molar-refractivity contribution in [2.24, 2.45) is 5.41 Å². The maximum Gasteiger partial charge on any atom is 0.311 e. The van der Waals surface area contributed by atoms with E-state index in [4.69, 9.17) is 0 Å². The fourth-order valence-electron chi connectivity index (χ4n) is 5.98. The number of hydrogen-bond acceptors (Lipinski definition) is 7. The van der Waals surface area contributed by atoms with E-state index < -0.39 is 40.3 Å². The Kier molecular flexibility index (Phi) is 8.77. The van der Waals surface area contributed by atoms with E-state index in [0.717, 1.165) is 12.8 Å². The summed E-state index contributed by atoms with van der Waals surface area (Å²) < 4.78 is 15.1. The number of aromatic nitrogens is 2. The third-order valence-corrected chi connectivity index (χ3v) is 9.05. The SMILES string of the molecule is Cc1cc(CNC(=O)c2nc3n(c(=O)c2O)CC2(CCC(C)N(C)C)CCC3(NC(=O)C(=O)N(C)C)CC2)ccc1F. The molecule has 2 aliphatic heterocycles. The van der Waals surface area contributed by atoms with Gasteiger partial charge < -0.3 is 25.5 Å². The minimum Gasteiger partial charge on any atom is -0.501 e. The van der Waals surface area contributed by atoms with Crippen molar-refractivity contribution in [2.75, 3.05) is 28.2 Å². The topological polar surface area (TPSA) is 137 Å². The van der Waals surface area contributed by atoms with Gasteiger partial charge in [-0.05, 0) is 89.1 Å². The minimum absolute atomic E-state index is 0.0197. The lowest BCUT2D eigenvalue weighted by Crippen LogP contribution is -2.54. The van der Waals surface area contributed by atoms with Crippen LogP contribution in [-0.2, 0) is 28.2 Å². The first-order valence-electron chi connectivity index (χ1n) is 14.3. The van der Waals surface area contributed by atoms with Gasteiger partial charge in [0, 0.05) is 33.2 Å². The highest BCUT2D eigenvalue weighted by atomic mass is 19.1. The number of benzene rings is 1. The second kappa shape index (κ2) is 11.8. The number of hydrogen-bond donors (Lipinski definition) is 3. The summed E-state index contributed by atoms with van der Waals surface area (Å²) in [5, 5.41) is 16.4. The number of nitrogens with zero attached hydrogens (tertiary/aromatic N) is 4. The molecule has 0 spiro atoms. The fourth-order valence-corrected chi connectivity index (χ4v) is 5.98. The Balaban J connectivity index is 1.73. The summed E-state index contributed by atoms with van der Waals surface area (Å²) in [6.07, 6.45) is 3.88. The van der Waals surface area contributed by atoms with E-state index in [1.165, 1.54) is 35.7 Å². The van der Waals surface area contributed by atoms with Crippen molar-refractivity contribution in [1.29, 1.82) is 0 Å². The maximum absolute atomic E-state index is 13.7. The van der Waals surface area contributed by atoms with Gasteiger partial charge in [-0.15, -0.1) is 0 Å². The lowest BCUT2D eigenvalue weighted by Gasteiger charge is -2.43. The van der Waals surface area contributed by atoms with Crippen LogP contribution in [0.25, 0.3) is 0 Å². The molecule has 2 bridgehead atoms. The molecule has 1 unspecified atom stereocenters. The molecule has 0 radical (unpaired) electrons. The largest absolute Gasteiger partial charge is 0.501 e. The Bertz CT molecular complexity index is 1440. The highest BCUT2D eigenvalue weighted by Gasteiger charge is 2.52. The maximum atomic E-state index is 13.7. The zero-order valence-electron chi connectivity index (χ0n) is 25.2. The summed E-state index contributed by atoms with van der Waals surface area (Å²) in [5.41, 5.74) is -1.64. The van der Waals surface area contributed by atoms with Gasteiger partial charge in [0.2, 0.25) is 5.75 Å². The molecule has 3 aliphatic rings. The second-order valence-corrected chi connectivity index (χ2v) is 12.4. The predicted molar refractivity (Wildman–Crippen MR) is 154 cm³/mol. The van der Waals surface area contributed by atoms with Gasteiger partial charge >= 0.3 is 11.8 Å². The average molecular weight is 585 g/mol. The molecule has 228 valence electrons. The molecule has 3 N–H and O–H groups in total. The molecule has 1 atom stereocenters. The van der Waals surface area contributed by atoms with Gasteiger partial charge in [-0.3, -0.25) is 23.7 Å². The van der Waals surface area contributed by atoms with Gasteiger partial charge in [-0.1, -0.05) is 12.1 Å². The number of carbonyl (C=O) groups is 3. The van der Waals surface area contributed by atoms with E-state index in [0.29, 0.717) is 42.9 Å². The van der Waals surface area contributed by atoms with Crippen LogP contribution in [0.15, 0.2) is 23.0 Å². The average Bonchev–Trinajstić information content (AvgIpc) is 3.16. The molecular weight excluding hydrogens is 543 g/mol. The number of fused-ring (bicyclic) bond motifs is 2. The first kappa shape index (κ1) is 31.1. The van der Waals surface area contributed by atoms with E-state index in [1.807, 2.05) is 14.1 Å². The molecule has 0 saturated heterocycles. The van der Waals surface area contributed by atoms with Crippen molar-refractivity contribution in [1.82, 2.24) is 30.0 Å². The van der Waals surface area contributed by atoms with Crippen LogP contribution >= 0.6 is 0 Å². The number of nitrogens with one attached hydrogen (secondary N) is 2.